The molecule has 2 nitrogen and oxygen atoms in total. The third-order valence-electron chi connectivity index (χ3n) is 3.10. The maximum Gasteiger partial charge on any atom is 0.105 e. The summed E-state index contributed by atoms with van der Waals surface area (Å²) in [6.07, 6.45) is -1.07. The van der Waals surface area contributed by atoms with Gasteiger partial charge in [-0.15, -0.1) is 0 Å². The molecule has 2 rings (SSSR count). The van der Waals surface area contributed by atoms with Crippen LogP contribution in [0.1, 0.15) is 18.1 Å². The van der Waals surface area contributed by atoms with Crippen LogP contribution in [0.2, 0.25) is 0 Å². The quantitative estimate of drug-likeness (QED) is 0.827. The Kier molecular flexibility index (Phi) is 5.14. The van der Waals surface area contributed by atoms with Crippen LogP contribution < -0.4 is 0 Å². The molecule has 2 aromatic carbocycles. The van der Waals surface area contributed by atoms with Gasteiger partial charge in [-0.2, -0.15) is 0 Å². The van der Waals surface area contributed by atoms with Crippen molar-refractivity contribution in [2.75, 3.05) is 5.33 Å². The fourth-order valence-electron chi connectivity index (χ4n) is 2.02. The summed E-state index contributed by atoms with van der Waals surface area (Å²) in [5, 5.41) is 20.6. The van der Waals surface area contributed by atoms with E-state index in [1.54, 1.807) is 0 Å². The first-order valence-corrected chi connectivity index (χ1v) is 7.42. The normalized spacial score (nSPS) is 14.1. The molecule has 0 saturated carbocycles. The molecule has 2 aromatic rings. The Labute approximate surface area is 121 Å². The van der Waals surface area contributed by atoms with Gasteiger partial charge in [-0.1, -0.05) is 64.5 Å². The third-order valence-corrected chi connectivity index (χ3v) is 3.56. The van der Waals surface area contributed by atoms with E-state index in [9.17, 15) is 10.2 Å². The molecule has 0 saturated heterocycles. The van der Waals surface area contributed by atoms with Gasteiger partial charge < -0.3 is 10.2 Å². The largest absolute Gasteiger partial charge is 0.390 e. The van der Waals surface area contributed by atoms with Gasteiger partial charge >= 0.3 is 0 Å². The van der Waals surface area contributed by atoms with Crippen molar-refractivity contribution >= 4 is 15.9 Å². The summed E-state index contributed by atoms with van der Waals surface area (Å²) >= 11 is 3.27. The van der Waals surface area contributed by atoms with Crippen molar-refractivity contribution in [1.82, 2.24) is 0 Å². The van der Waals surface area contributed by atoms with Crippen LogP contribution in [0.25, 0.3) is 11.1 Å². The molecule has 2 atom stereocenters. The molecule has 2 N–H and O–H groups in total. The Morgan fingerprint density at radius 1 is 0.895 bits per heavy atom. The van der Waals surface area contributed by atoms with Crippen molar-refractivity contribution < 1.29 is 10.2 Å². The minimum atomic E-state index is -0.846. The standard InChI is InChI=1S/C16H17BrO2/c17-10-9-15(18)16(19)14-8-4-7-13(11-14)12-5-2-1-3-6-12/h1-8,11,15-16,18-19H,9-10H2. The minimum absolute atomic E-state index is 0.525. The Morgan fingerprint density at radius 3 is 2.26 bits per heavy atom. The van der Waals surface area contributed by atoms with Gasteiger partial charge in [0.2, 0.25) is 0 Å². The molecule has 3 heteroatoms. The number of alkyl halides is 1. The fraction of sp³-hybridized carbons (Fsp3) is 0.250. The van der Waals surface area contributed by atoms with Gasteiger partial charge in [-0.05, 0) is 29.2 Å². The van der Waals surface area contributed by atoms with Crippen molar-refractivity contribution in [3.63, 3.8) is 0 Å². The third kappa shape index (κ3) is 3.66. The summed E-state index contributed by atoms with van der Waals surface area (Å²) in [5.41, 5.74) is 2.89. The second kappa shape index (κ2) is 6.85. The van der Waals surface area contributed by atoms with Crippen LogP contribution in [-0.4, -0.2) is 21.6 Å². The first kappa shape index (κ1) is 14.3. The molecule has 0 spiro atoms. The summed E-state index contributed by atoms with van der Waals surface area (Å²) in [6.45, 7) is 0. The molecule has 100 valence electrons. The van der Waals surface area contributed by atoms with Crippen molar-refractivity contribution in [3.8, 4) is 11.1 Å². The van der Waals surface area contributed by atoms with Crippen molar-refractivity contribution in [3.05, 3.63) is 60.2 Å². The highest BCUT2D eigenvalue weighted by Gasteiger charge is 2.17. The highest BCUT2D eigenvalue weighted by molar-refractivity contribution is 9.09. The Hall–Kier alpha value is -1.16. The molecular weight excluding hydrogens is 304 g/mol. The molecule has 0 radical (unpaired) electrons. The fourth-order valence-corrected chi connectivity index (χ4v) is 2.49. The summed E-state index contributed by atoms with van der Waals surface area (Å²) in [5.74, 6) is 0. The summed E-state index contributed by atoms with van der Waals surface area (Å²) in [7, 11) is 0. The Bertz CT molecular complexity index is 513. The molecule has 0 aliphatic heterocycles. The number of hydrogen-bond donors (Lipinski definition) is 2. The van der Waals surface area contributed by atoms with Crippen molar-refractivity contribution in [1.29, 1.82) is 0 Å². The van der Waals surface area contributed by atoms with Crippen LogP contribution >= 0.6 is 15.9 Å². The maximum atomic E-state index is 10.1. The second-order valence-electron chi connectivity index (χ2n) is 4.48. The van der Waals surface area contributed by atoms with E-state index in [1.165, 1.54) is 0 Å². The number of aliphatic hydroxyl groups is 2. The number of aliphatic hydroxyl groups excluding tert-OH is 2. The molecule has 0 aliphatic rings. The van der Waals surface area contributed by atoms with E-state index in [1.807, 2.05) is 54.6 Å². The molecule has 0 amide bonds. The van der Waals surface area contributed by atoms with E-state index in [4.69, 9.17) is 0 Å². The van der Waals surface area contributed by atoms with Crippen LogP contribution in [0.3, 0.4) is 0 Å². The van der Waals surface area contributed by atoms with Crippen LogP contribution in [0.4, 0.5) is 0 Å². The van der Waals surface area contributed by atoms with Gasteiger partial charge in [0.05, 0.1) is 6.10 Å². The SMILES string of the molecule is OC(CCBr)C(O)c1cccc(-c2ccccc2)c1. The van der Waals surface area contributed by atoms with Crippen LogP contribution in [0.5, 0.6) is 0 Å². The first-order chi connectivity index (χ1) is 9.22. The maximum absolute atomic E-state index is 10.1. The molecule has 0 fully saturated rings. The van der Waals surface area contributed by atoms with Gasteiger partial charge in [0, 0.05) is 5.33 Å². The van der Waals surface area contributed by atoms with E-state index in [0.717, 1.165) is 16.7 Å². The molecule has 0 aliphatic carbocycles. The zero-order valence-electron chi connectivity index (χ0n) is 10.5. The monoisotopic (exact) mass is 320 g/mol. The summed E-state index contributed by atoms with van der Waals surface area (Å²) in [4.78, 5) is 0. The smallest absolute Gasteiger partial charge is 0.105 e. The number of rotatable bonds is 5. The number of hydrogen-bond acceptors (Lipinski definition) is 2. The van der Waals surface area contributed by atoms with Crippen molar-refractivity contribution in [2.45, 2.75) is 18.6 Å². The van der Waals surface area contributed by atoms with E-state index in [-0.39, 0.29) is 0 Å². The first-order valence-electron chi connectivity index (χ1n) is 6.30. The van der Waals surface area contributed by atoms with Gasteiger partial charge in [0.15, 0.2) is 0 Å². The van der Waals surface area contributed by atoms with Gasteiger partial charge in [0.1, 0.15) is 6.10 Å². The average Bonchev–Trinajstić information content (AvgIpc) is 2.48. The van der Waals surface area contributed by atoms with Gasteiger partial charge in [-0.25, -0.2) is 0 Å². The molecule has 19 heavy (non-hydrogen) atoms. The summed E-state index contributed by atoms with van der Waals surface area (Å²) in [6, 6.07) is 17.7. The predicted octanol–water partition coefficient (Wildman–Crippen LogP) is 3.53. The van der Waals surface area contributed by atoms with Gasteiger partial charge in [0.25, 0.3) is 0 Å². The Morgan fingerprint density at radius 2 is 1.58 bits per heavy atom. The molecule has 0 heterocycles. The molecule has 0 bridgehead atoms. The second-order valence-corrected chi connectivity index (χ2v) is 5.27. The number of benzene rings is 2. The van der Waals surface area contributed by atoms with Gasteiger partial charge in [-0.3, -0.25) is 0 Å². The summed E-state index contributed by atoms with van der Waals surface area (Å²) < 4.78 is 0. The Balaban J connectivity index is 2.25. The predicted molar refractivity (Wildman–Crippen MR) is 81.3 cm³/mol. The highest BCUT2D eigenvalue weighted by atomic mass is 79.9. The highest BCUT2D eigenvalue weighted by Crippen LogP contribution is 2.25. The van der Waals surface area contributed by atoms with Crippen LogP contribution in [-0.2, 0) is 0 Å². The zero-order valence-corrected chi connectivity index (χ0v) is 12.1. The van der Waals surface area contributed by atoms with E-state index >= 15 is 0 Å². The molecular formula is C16H17BrO2. The minimum Gasteiger partial charge on any atom is -0.390 e. The lowest BCUT2D eigenvalue weighted by Gasteiger charge is -2.18. The lowest BCUT2D eigenvalue weighted by atomic mass is 9.97. The number of halogens is 1. The van der Waals surface area contributed by atoms with E-state index in [2.05, 4.69) is 15.9 Å². The molecule has 0 aromatic heterocycles. The van der Waals surface area contributed by atoms with Crippen LogP contribution in [0, 0.1) is 0 Å². The molecule has 2 unspecified atom stereocenters. The van der Waals surface area contributed by atoms with E-state index < -0.39 is 12.2 Å². The van der Waals surface area contributed by atoms with Crippen molar-refractivity contribution in [2.24, 2.45) is 0 Å². The average molecular weight is 321 g/mol. The lowest BCUT2D eigenvalue weighted by molar-refractivity contribution is 0.0174. The lowest BCUT2D eigenvalue weighted by Crippen LogP contribution is -2.18. The van der Waals surface area contributed by atoms with Crippen LogP contribution in [0.15, 0.2) is 54.6 Å². The zero-order chi connectivity index (χ0) is 13.7. The topological polar surface area (TPSA) is 40.5 Å². The van der Waals surface area contributed by atoms with E-state index in [0.29, 0.717) is 11.8 Å².